The lowest BCUT2D eigenvalue weighted by molar-refractivity contribution is -0.00546. The average Bonchev–Trinajstić information content (AvgIpc) is 2.54. The number of rotatable bonds is 11. The molecule has 0 saturated carbocycles. The molecule has 0 aliphatic heterocycles. The maximum atomic E-state index is 7.05. The summed E-state index contributed by atoms with van der Waals surface area (Å²) < 4.78 is 16.0. The minimum absolute atomic E-state index is 0.169. The fourth-order valence-electron chi connectivity index (χ4n) is 3.44. The first-order valence-electron chi connectivity index (χ1n) is 11.3. The summed E-state index contributed by atoms with van der Waals surface area (Å²) in [6, 6.07) is 0. The van der Waals surface area contributed by atoms with Gasteiger partial charge in [-0.2, -0.15) is 0 Å². The molecule has 0 saturated heterocycles. The van der Waals surface area contributed by atoms with Crippen molar-refractivity contribution in [3.63, 3.8) is 0 Å². The Balaban J connectivity index is 6.04. The summed E-state index contributed by atoms with van der Waals surface area (Å²) in [7, 11) is -3.56. The molecule has 0 aliphatic rings. The summed E-state index contributed by atoms with van der Waals surface area (Å²) in [4.78, 5) is 0. The van der Waals surface area contributed by atoms with Crippen LogP contribution in [-0.4, -0.2) is 28.8 Å². The van der Waals surface area contributed by atoms with Crippen LogP contribution in [0.2, 0.25) is 37.8 Å². The van der Waals surface area contributed by atoms with Crippen molar-refractivity contribution in [1.82, 2.24) is 0 Å². The molecule has 0 spiro atoms. The van der Waals surface area contributed by atoms with Crippen LogP contribution >= 0.6 is 22.6 Å². The lowest BCUT2D eigenvalue weighted by Crippen LogP contribution is -2.51. The van der Waals surface area contributed by atoms with Crippen molar-refractivity contribution in [1.29, 1.82) is 0 Å². The molecular formula is C24H49IO2Si2. The highest BCUT2D eigenvalue weighted by molar-refractivity contribution is 14.1. The van der Waals surface area contributed by atoms with E-state index in [4.69, 9.17) is 8.85 Å². The second-order valence-corrected chi connectivity index (χ2v) is 21.3. The van der Waals surface area contributed by atoms with Crippen molar-refractivity contribution >= 4 is 39.2 Å². The van der Waals surface area contributed by atoms with Crippen LogP contribution in [0.15, 0.2) is 21.8 Å². The van der Waals surface area contributed by atoms with E-state index in [-0.39, 0.29) is 17.2 Å². The van der Waals surface area contributed by atoms with Crippen LogP contribution < -0.4 is 0 Å². The van der Waals surface area contributed by atoms with E-state index < -0.39 is 16.6 Å². The molecular weight excluding hydrogens is 503 g/mol. The van der Waals surface area contributed by atoms with Crippen LogP contribution in [0.4, 0.5) is 0 Å². The number of allylic oxidation sites excluding steroid dienone is 2. The minimum Gasteiger partial charge on any atom is -0.414 e. The Morgan fingerprint density at radius 2 is 1.48 bits per heavy atom. The Morgan fingerprint density at radius 1 is 0.966 bits per heavy atom. The maximum Gasteiger partial charge on any atom is 0.192 e. The van der Waals surface area contributed by atoms with E-state index in [0.29, 0.717) is 17.8 Å². The third kappa shape index (κ3) is 10.1. The fourth-order valence-corrected chi connectivity index (χ4v) is 6.74. The van der Waals surface area contributed by atoms with Crippen LogP contribution in [0, 0.1) is 17.8 Å². The normalized spacial score (nSPS) is 19.9. The average molecular weight is 553 g/mol. The van der Waals surface area contributed by atoms with Gasteiger partial charge in [-0.1, -0.05) is 95.2 Å². The van der Waals surface area contributed by atoms with E-state index in [1.54, 1.807) is 0 Å². The molecule has 0 radical (unpaired) electrons. The first-order valence-corrected chi connectivity index (χ1v) is 18.8. The summed E-state index contributed by atoms with van der Waals surface area (Å²) >= 11 is 2.29. The van der Waals surface area contributed by atoms with Gasteiger partial charge in [0.2, 0.25) is 0 Å². The van der Waals surface area contributed by atoms with Crippen LogP contribution in [0.5, 0.6) is 0 Å². The first kappa shape index (κ1) is 29.6. The molecule has 0 N–H and O–H groups in total. The molecule has 29 heavy (non-hydrogen) atoms. The molecule has 0 aromatic carbocycles. The van der Waals surface area contributed by atoms with E-state index in [1.807, 2.05) is 0 Å². The van der Waals surface area contributed by atoms with Gasteiger partial charge in [0.1, 0.15) is 0 Å². The largest absolute Gasteiger partial charge is 0.414 e. The van der Waals surface area contributed by atoms with Crippen LogP contribution in [-0.2, 0) is 8.85 Å². The molecule has 0 rings (SSSR count). The predicted octanol–water partition coefficient (Wildman–Crippen LogP) is 8.81. The molecule has 0 amide bonds. The molecule has 2 nitrogen and oxygen atoms in total. The van der Waals surface area contributed by atoms with Crippen molar-refractivity contribution in [3.8, 4) is 0 Å². The Labute approximate surface area is 198 Å². The molecule has 5 heteroatoms. The SMILES string of the molecule is CC[C@H](C)[C@@H](O[Si](C)(C)C(C)(C)C)[C@H](C)[C@H](O[Si](C)(C)C)[C@H](C)/C=C(C)/C=C/I. The van der Waals surface area contributed by atoms with E-state index in [1.165, 1.54) is 5.57 Å². The van der Waals surface area contributed by atoms with Gasteiger partial charge in [-0.25, -0.2) is 0 Å². The molecule has 172 valence electrons. The van der Waals surface area contributed by atoms with Gasteiger partial charge < -0.3 is 8.85 Å². The molecule has 0 aliphatic carbocycles. The molecule has 0 fully saturated rings. The lowest BCUT2D eigenvalue weighted by Gasteiger charge is -2.46. The van der Waals surface area contributed by atoms with Crippen molar-refractivity contribution in [2.45, 2.75) is 112 Å². The topological polar surface area (TPSA) is 18.5 Å². The zero-order valence-electron chi connectivity index (χ0n) is 21.5. The minimum atomic E-state index is -1.87. The van der Waals surface area contributed by atoms with E-state index in [0.717, 1.165) is 6.42 Å². The van der Waals surface area contributed by atoms with Crippen molar-refractivity contribution in [2.24, 2.45) is 17.8 Å². The molecule has 0 aromatic heterocycles. The standard InChI is InChI=1S/C24H49IO2Si2/c1-14-19(3)22(27-29(12,13)24(6,7)8)21(5)23(26-28(9,10)11)20(4)17-18(2)15-16-25/h15-17,19-23H,14H2,1-13H3/b16-15+,18-17+/t19-,20+,21-,22+,23+/m0/s1. The smallest absolute Gasteiger partial charge is 0.192 e. The van der Waals surface area contributed by atoms with Crippen LogP contribution in [0.1, 0.15) is 61.8 Å². The number of hydrogen-bond acceptors (Lipinski definition) is 2. The summed E-state index contributed by atoms with van der Waals surface area (Å²) in [6.07, 6.45) is 6.06. The van der Waals surface area contributed by atoms with Gasteiger partial charge in [-0.05, 0) is 60.6 Å². The molecule has 0 bridgehead atoms. The van der Waals surface area contributed by atoms with Crippen LogP contribution in [0.25, 0.3) is 0 Å². The second kappa shape index (κ2) is 12.0. The predicted molar refractivity (Wildman–Crippen MR) is 145 cm³/mol. The van der Waals surface area contributed by atoms with Gasteiger partial charge in [0.15, 0.2) is 16.6 Å². The molecule has 0 unspecified atom stereocenters. The van der Waals surface area contributed by atoms with Gasteiger partial charge in [-0.15, -0.1) is 0 Å². The van der Waals surface area contributed by atoms with Gasteiger partial charge in [0.25, 0.3) is 0 Å². The Hall–Kier alpha value is 0.564. The third-order valence-electron chi connectivity index (χ3n) is 6.34. The summed E-state index contributed by atoms with van der Waals surface area (Å²) in [5, 5.41) is 0.209. The Kier molecular flexibility index (Phi) is 12.2. The Bertz CT molecular complexity index is 544. The summed E-state index contributed by atoms with van der Waals surface area (Å²) in [5.41, 5.74) is 1.30. The quantitative estimate of drug-likeness (QED) is 0.145. The van der Waals surface area contributed by atoms with E-state index in [9.17, 15) is 0 Å². The highest BCUT2D eigenvalue weighted by Gasteiger charge is 2.43. The van der Waals surface area contributed by atoms with Crippen molar-refractivity contribution in [3.05, 3.63) is 21.8 Å². The highest BCUT2D eigenvalue weighted by Crippen LogP contribution is 2.41. The third-order valence-corrected chi connectivity index (χ3v) is 12.2. The van der Waals surface area contributed by atoms with Gasteiger partial charge in [0.05, 0.1) is 12.2 Å². The first-order chi connectivity index (χ1) is 13.0. The monoisotopic (exact) mass is 552 g/mol. The zero-order valence-corrected chi connectivity index (χ0v) is 25.7. The van der Waals surface area contributed by atoms with Crippen molar-refractivity contribution in [2.75, 3.05) is 0 Å². The Morgan fingerprint density at radius 3 is 1.86 bits per heavy atom. The number of halogens is 1. The maximum absolute atomic E-state index is 7.05. The molecule has 5 atom stereocenters. The van der Waals surface area contributed by atoms with Gasteiger partial charge in [-0.3, -0.25) is 0 Å². The summed E-state index contributed by atoms with van der Waals surface area (Å²) in [6.45, 7) is 30.1. The van der Waals surface area contributed by atoms with Crippen molar-refractivity contribution < 1.29 is 8.85 Å². The number of hydrogen-bond donors (Lipinski definition) is 0. The van der Waals surface area contributed by atoms with Gasteiger partial charge in [0, 0.05) is 5.92 Å². The second-order valence-electron chi connectivity index (χ2n) is 11.3. The zero-order chi connectivity index (χ0) is 23.2. The highest BCUT2D eigenvalue weighted by atomic mass is 127. The van der Waals surface area contributed by atoms with Crippen LogP contribution in [0.3, 0.4) is 0 Å². The lowest BCUT2D eigenvalue weighted by atomic mass is 9.83. The summed E-state index contributed by atoms with van der Waals surface area (Å²) in [5.74, 6) is 1.20. The molecule has 0 heterocycles. The molecule has 0 aromatic rings. The fraction of sp³-hybridized carbons (Fsp3) is 0.833. The van der Waals surface area contributed by atoms with E-state index >= 15 is 0 Å². The van der Waals surface area contributed by atoms with Gasteiger partial charge >= 0.3 is 0 Å². The van der Waals surface area contributed by atoms with E-state index in [2.05, 4.69) is 127 Å².